The lowest BCUT2D eigenvalue weighted by Gasteiger charge is -2.31. The summed E-state index contributed by atoms with van der Waals surface area (Å²) in [6, 6.07) is 7.85. The second-order valence-corrected chi connectivity index (χ2v) is 8.22. The van der Waals surface area contributed by atoms with Crippen LogP contribution in [0.15, 0.2) is 24.3 Å². The van der Waals surface area contributed by atoms with Crippen molar-refractivity contribution in [2.45, 2.75) is 90.9 Å². The van der Waals surface area contributed by atoms with Crippen molar-refractivity contribution >= 4 is 0 Å². The number of rotatable bonds is 14. The van der Waals surface area contributed by atoms with Crippen molar-refractivity contribution in [3.8, 4) is 11.5 Å². The molecule has 1 aliphatic rings. The van der Waals surface area contributed by atoms with Crippen LogP contribution in [0.5, 0.6) is 11.5 Å². The van der Waals surface area contributed by atoms with Crippen LogP contribution < -0.4 is 9.47 Å². The lowest BCUT2D eigenvalue weighted by molar-refractivity contribution is -0.268. The summed E-state index contributed by atoms with van der Waals surface area (Å²) in [4.78, 5) is 4.30. The molecule has 0 saturated carbocycles. The molecule has 1 aliphatic heterocycles. The molecule has 0 aromatic heterocycles. The summed E-state index contributed by atoms with van der Waals surface area (Å²) in [6.07, 6.45) is 11.7. The van der Waals surface area contributed by atoms with Gasteiger partial charge < -0.3 is 9.47 Å². The van der Waals surface area contributed by atoms with E-state index in [1.165, 1.54) is 51.4 Å². The Morgan fingerprint density at radius 3 is 1.48 bits per heavy atom. The molecule has 0 N–H and O–H groups in total. The van der Waals surface area contributed by atoms with Gasteiger partial charge in [-0.3, -0.25) is 4.74 Å². The van der Waals surface area contributed by atoms with Crippen molar-refractivity contribution in [2.75, 3.05) is 27.2 Å². The summed E-state index contributed by atoms with van der Waals surface area (Å²) in [5.41, 5.74) is 0. The zero-order valence-corrected chi connectivity index (χ0v) is 19.1. The molecule has 0 spiro atoms. The first kappa shape index (κ1) is 24.0. The molecule has 1 aromatic carbocycles. The highest BCUT2D eigenvalue weighted by Gasteiger charge is 2.31. The smallest absolute Gasteiger partial charge is 0.266 e. The fraction of sp³-hybridized carbons (Fsp3) is 0.750. The van der Waals surface area contributed by atoms with Gasteiger partial charge in [-0.05, 0) is 39.1 Å². The third kappa shape index (κ3) is 8.53. The summed E-state index contributed by atoms with van der Waals surface area (Å²) >= 11 is 0. The number of hydrogen-bond donors (Lipinski definition) is 0. The van der Waals surface area contributed by atoms with Gasteiger partial charge in [0, 0.05) is 13.1 Å². The van der Waals surface area contributed by atoms with Gasteiger partial charge in [-0.2, -0.15) is 0 Å². The zero-order chi connectivity index (χ0) is 20.9. The van der Waals surface area contributed by atoms with Crippen LogP contribution in [0, 0.1) is 0 Å². The average Bonchev–Trinajstić information content (AvgIpc) is 2.93. The van der Waals surface area contributed by atoms with E-state index in [2.05, 4.69) is 37.7 Å². The summed E-state index contributed by atoms with van der Waals surface area (Å²) in [6.45, 7) is 6.39. The van der Waals surface area contributed by atoms with Gasteiger partial charge in [-0.25, -0.2) is 9.80 Å². The molecule has 29 heavy (non-hydrogen) atoms. The lowest BCUT2D eigenvalue weighted by Crippen LogP contribution is -2.47. The molecule has 5 nitrogen and oxygen atoms in total. The average molecular weight is 407 g/mol. The van der Waals surface area contributed by atoms with Crippen LogP contribution in [0.25, 0.3) is 0 Å². The molecule has 0 bridgehead atoms. The molecule has 0 amide bonds. The van der Waals surface area contributed by atoms with E-state index in [-0.39, 0.29) is 0 Å². The number of unbranched alkanes of at least 4 members (excludes halogenated alkanes) is 8. The molecular weight excluding hydrogens is 364 g/mol. The Kier molecular flexibility index (Phi) is 11.4. The molecule has 166 valence electrons. The number of nitrogens with zero attached hydrogens (tertiary/aromatic N) is 2. The van der Waals surface area contributed by atoms with Crippen molar-refractivity contribution < 1.29 is 14.2 Å². The number of para-hydroxylation sites is 2. The first-order chi connectivity index (χ1) is 14.2. The Balaban J connectivity index is 1.93. The number of ether oxygens (including phenoxy) is 3. The molecule has 2 atom stereocenters. The van der Waals surface area contributed by atoms with E-state index < -0.39 is 12.8 Å². The SMILES string of the molecule is CCCCCCCN(C)C1Oc2ccccc2OC(N(C)CCCCCCC)O1. The Labute approximate surface area is 178 Å². The quantitative estimate of drug-likeness (QED) is 0.362. The largest absolute Gasteiger partial charge is 0.447 e. The monoisotopic (exact) mass is 406 g/mol. The van der Waals surface area contributed by atoms with E-state index >= 15 is 0 Å². The highest BCUT2D eigenvalue weighted by atomic mass is 16.8. The maximum atomic E-state index is 6.28. The third-order valence-electron chi connectivity index (χ3n) is 5.49. The number of benzene rings is 1. The van der Waals surface area contributed by atoms with E-state index in [0.717, 1.165) is 37.4 Å². The van der Waals surface area contributed by atoms with Crippen LogP contribution in [0.2, 0.25) is 0 Å². The van der Waals surface area contributed by atoms with E-state index in [9.17, 15) is 0 Å². The second kappa shape index (κ2) is 13.8. The Bertz CT molecular complexity index is 508. The normalized spacial score (nSPS) is 19.0. The van der Waals surface area contributed by atoms with Gasteiger partial charge in [0.05, 0.1) is 0 Å². The molecule has 1 heterocycles. The Morgan fingerprint density at radius 2 is 1.07 bits per heavy atom. The molecule has 0 radical (unpaired) electrons. The molecule has 0 aliphatic carbocycles. The predicted octanol–water partition coefficient (Wildman–Crippen LogP) is 5.85. The van der Waals surface area contributed by atoms with Gasteiger partial charge in [0.15, 0.2) is 11.5 Å². The van der Waals surface area contributed by atoms with Gasteiger partial charge in [-0.1, -0.05) is 77.3 Å². The van der Waals surface area contributed by atoms with Crippen LogP contribution >= 0.6 is 0 Å². The first-order valence-electron chi connectivity index (χ1n) is 11.6. The van der Waals surface area contributed by atoms with Crippen LogP contribution in [0.4, 0.5) is 0 Å². The van der Waals surface area contributed by atoms with Gasteiger partial charge in [-0.15, -0.1) is 0 Å². The van der Waals surface area contributed by atoms with Gasteiger partial charge in [0.1, 0.15) is 0 Å². The predicted molar refractivity (Wildman–Crippen MR) is 119 cm³/mol. The van der Waals surface area contributed by atoms with Crippen molar-refractivity contribution in [3.63, 3.8) is 0 Å². The lowest BCUT2D eigenvalue weighted by atomic mass is 10.1. The standard InChI is InChI=1S/C24H42N2O3/c1-5-7-9-11-15-19-25(3)23-27-21-17-13-14-18-22(21)28-24(29-23)26(4)20-16-12-10-8-6-2/h13-14,17-18,23-24H,5-12,15-16,19-20H2,1-4H3. The van der Waals surface area contributed by atoms with Crippen molar-refractivity contribution in [3.05, 3.63) is 24.3 Å². The number of fused-ring (bicyclic) bond motifs is 1. The van der Waals surface area contributed by atoms with Crippen LogP contribution in [0.1, 0.15) is 78.1 Å². The highest BCUT2D eigenvalue weighted by molar-refractivity contribution is 5.39. The summed E-state index contributed by atoms with van der Waals surface area (Å²) in [5.74, 6) is 1.49. The molecule has 0 saturated heterocycles. The summed E-state index contributed by atoms with van der Waals surface area (Å²) < 4.78 is 18.7. The minimum Gasteiger partial charge on any atom is -0.447 e. The van der Waals surface area contributed by atoms with Crippen LogP contribution in [0.3, 0.4) is 0 Å². The summed E-state index contributed by atoms with van der Waals surface area (Å²) in [5, 5.41) is 0. The zero-order valence-electron chi connectivity index (χ0n) is 19.1. The molecule has 1 aromatic rings. The second-order valence-electron chi connectivity index (χ2n) is 8.22. The van der Waals surface area contributed by atoms with E-state index in [1.807, 2.05) is 24.3 Å². The molecule has 5 heteroatoms. The topological polar surface area (TPSA) is 34.2 Å². The molecule has 0 fully saturated rings. The minimum absolute atomic E-state index is 0.447. The highest BCUT2D eigenvalue weighted by Crippen LogP contribution is 2.33. The molecular formula is C24H42N2O3. The van der Waals surface area contributed by atoms with Gasteiger partial charge in [0.2, 0.25) is 0 Å². The van der Waals surface area contributed by atoms with Crippen LogP contribution in [-0.2, 0) is 4.74 Å². The first-order valence-corrected chi connectivity index (χ1v) is 11.6. The van der Waals surface area contributed by atoms with Crippen molar-refractivity contribution in [1.82, 2.24) is 9.80 Å². The molecule has 2 rings (SSSR count). The number of hydrogen-bond acceptors (Lipinski definition) is 5. The van der Waals surface area contributed by atoms with E-state index in [4.69, 9.17) is 14.2 Å². The van der Waals surface area contributed by atoms with Crippen molar-refractivity contribution in [2.24, 2.45) is 0 Å². The maximum absolute atomic E-state index is 6.28. The fourth-order valence-electron chi connectivity index (χ4n) is 3.55. The third-order valence-corrected chi connectivity index (χ3v) is 5.49. The van der Waals surface area contributed by atoms with E-state index in [1.54, 1.807) is 0 Å². The fourth-order valence-corrected chi connectivity index (χ4v) is 3.55. The van der Waals surface area contributed by atoms with Gasteiger partial charge in [0.25, 0.3) is 12.8 Å². The van der Waals surface area contributed by atoms with Gasteiger partial charge >= 0.3 is 0 Å². The Morgan fingerprint density at radius 1 is 0.655 bits per heavy atom. The van der Waals surface area contributed by atoms with Crippen molar-refractivity contribution in [1.29, 1.82) is 0 Å². The molecule has 2 unspecified atom stereocenters. The minimum atomic E-state index is -0.447. The van der Waals surface area contributed by atoms with Crippen LogP contribution in [-0.4, -0.2) is 49.8 Å². The Hall–Kier alpha value is -1.30. The van der Waals surface area contributed by atoms with E-state index in [0.29, 0.717) is 0 Å². The maximum Gasteiger partial charge on any atom is 0.266 e. The summed E-state index contributed by atoms with van der Waals surface area (Å²) in [7, 11) is 4.14.